The minimum Gasteiger partial charge on any atom is -0.480 e. The van der Waals surface area contributed by atoms with Crippen molar-refractivity contribution >= 4 is 5.97 Å². The number of benzene rings is 6. The second kappa shape index (κ2) is 16.1. The van der Waals surface area contributed by atoms with Crippen molar-refractivity contribution in [1.29, 1.82) is 0 Å². The number of carboxylic acid groups (broad SMARTS) is 1. The fourth-order valence-corrected chi connectivity index (χ4v) is 7.90. The lowest BCUT2D eigenvalue weighted by Crippen LogP contribution is -2.53. The van der Waals surface area contributed by atoms with Gasteiger partial charge in [0, 0.05) is 24.7 Å². The first kappa shape index (κ1) is 35.4. The fourth-order valence-electron chi connectivity index (χ4n) is 7.90. The second-order valence-electron chi connectivity index (χ2n) is 13.5. The van der Waals surface area contributed by atoms with E-state index in [0.29, 0.717) is 0 Å². The first-order chi connectivity index (χ1) is 26.1. The Kier molecular flexibility index (Phi) is 10.7. The molecule has 0 aliphatic rings. The third kappa shape index (κ3) is 6.84. The maximum absolute atomic E-state index is 13.7. The van der Waals surface area contributed by atoms with Crippen molar-refractivity contribution in [3.05, 3.63) is 233 Å². The van der Waals surface area contributed by atoms with Crippen molar-refractivity contribution in [1.82, 2.24) is 14.9 Å². The molecule has 0 saturated heterocycles. The SMILES string of the molecule is CCCCc1ncc(C[C@H](NC(c2ccccc2)(c2ccccc2)c2ccccc2)C(=O)O)n1C(c1ccccc1)(c1ccccc1)c1ccccc1. The summed E-state index contributed by atoms with van der Waals surface area (Å²) >= 11 is 0. The summed E-state index contributed by atoms with van der Waals surface area (Å²) in [4.78, 5) is 18.9. The number of carbonyl (C=O) groups is 1. The number of nitrogens with zero attached hydrogens (tertiary/aromatic N) is 2. The van der Waals surface area contributed by atoms with Crippen LogP contribution in [-0.4, -0.2) is 26.7 Å². The average molecular weight is 696 g/mol. The number of aromatic nitrogens is 2. The summed E-state index contributed by atoms with van der Waals surface area (Å²) in [6, 6.07) is 61.1. The molecule has 0 saturated carbocycles. The second-order valence-corrected chi connectivity index (χ2v) is 13.5. The van der Waals surface area contributed by atoms with Gasteiger partial charge in [-0.05, 0) is 39.8 Å². The molecule has 0 unspecified atom stereocenters. The van der Waals surface area contributed by atoms with Crippen molar-refractivity contribution in [2.75, 3.05) is 0 Å². The van der Waals surface area contributed by atoms with Gasteiger partial charge in [0.05, 0.1) is 5.54 Å². The third-order valence-corrected chi connectivity index (χ3v) is 10.3. The highest BCUT2D eigenvalue weighted by Gasteiger charge is 2.44. The van der Waals surface area contributed by atoms with E-state index in [0.717, 1.165) is 64.2 Å². The summed E-state index contributed by atoms with van der Waals surface area (Å²) in [6.07, 6.45) is 4.78. The Morgan fingerprint density at radius 2 is 0.962 bits per heavy atom. The molecular weight excluding hydrogens is 651 g/mol. The summed E-state index contributed by atoms with van der Waals surface area (Å²) in [5.74, 6) is -0.0206. The summed E-state index contributed by atoms with van der Waals surface area (Å²) in [5.41, 5.74) is 5.09. The number of unbranched alkanes of at least 4 members (excludes halogenated alkanes) is 1. The zero-order valence-corrected chi connectivity index (χ0v) is 30.1. The smallest absolute Gasteiger partial charge is 0.321 e. The van der Waals surface area contributed by atoms with Gasteiger partial charge in [0.15, 0.2) is 0 Å². The lowest BCUT2D eigenvalue weighted by molar-refractivity contribution is -0.139. The molecule has 6 aromatic carbocycles. The molecule has 2 N–H and O–H groups in total. The molecule has 5 nitrogen and oxygen atoms in total. The topological polar surface area (TPSA) is 67.2 Å². The predicted molar refractivity (Wildman–Crippen MR) is 213 cm³/mol. The van der Waals surface area contributed by atoms with Gasteiger partial charge >= 0.3 is 5.97 Å². The molecule has 0 fully saturated rings. The first-order valence-corrected chi connectivity index (χ1v) is 18.5. The number of imidazole rings is 1. The number of rotatable bonds is 15. The van der Waals surface area contributed by atoms with Crippen molar-refractivity contribution in [2.45, 2.75) is 49.7 Å². The van der Waals surface area contributed by atoms with Crippen molar-refractivity contribution in [3.63, 3.8) is 0 Å². The number of aliphatic carboxylic acids is 1. The van der Waals surface area contributed by atoms with Crippen molar-refractivity contribution < 1.29 is 9.90 Å². The summed E-state index contributed by atoms with van der Waals surface area (Å²) in [6.45, 7) is 2.19. The summed E-state index contributed by atoms with van der Waals surface area (Å²) < 4.78 is 2.34. The van der Waals surface area contributed by atoms with Gasteiger partial charge in [-0.2, -0.15) is 0 Å². The largest absolute Gasteiger partial charge is 0.480 e. The number of aryl methyl sites for hydroxylation is 1. The van der Waals surface area contributed by atoms with E-state index in [-0.39, 0.29) is 6.42 Å². The molecule has 53 heavy (non-hydrogen) atoms. The molecule has 7 rings (SSSR count). The van der Waals surface area contributed by atoms with Gasteiger partial charge in [0.1, 0.15) is 17.4 Å². The molecule has 0 spiro atoms. The van der Waals surface area contributed by atoms with E-state index < -0.39 is 23.1 Å². The van der Waals surface area contributed by atoms with E-state index in [1.165, 1.54) is 0 Å². The van der Waals surface area contributed by atoms with E-state index >= 15 is 0 Å². The van der Waals surface area contributed by atoms with Crippen molar-refractivity contribution in [2.24, 2.45) is 0 Å². The Balaban J connectivity index is 1.47. The number of hydrogen-bond acceptors (Lipinski definition) is 3. The molecule has 7 aromatic rings. The number of hydrogen-bond donors (Lipinski definition) is 2. The van der Waals surface area contributed by atoms with Crippen LogP contribution in [0.5, 0.6) is 0 Å². The monoisotopic (exact) mass is 695 g/mol. The summed E-state index contributed by atoms with van der Waals surface area (Å²) in [5, 5.41) is 15.0. The van der Waals surface area contributed by atoms with Crippen LogP contribution in [0.1, 0.15) is 64.7 Å². The van der Waals surface area contributed by atoms with Crippen LogP contribution in [0.2, 0.25) is 0 Å². The molecule has 0 radical (unpaired) electrons. The van der Waals surface area contributed by atoms with Gasteiger partial charge in [0.25, 0.3) is 0 Å². The quantitative estimate of drug-likeness (QED) is 0.105. The molecule has 1 aromatic heterocycles. The van der Waals surface area contributed by atoms with Crippen LogP contribution in [-0.2, 0) is 28.7 Å². The minimum absolute atomic E-state index is 0.178. The zero-order valence-electron chi connectivity index (χ0n) is 30.1. The molecule has 1 heterocycles. The van der Waals surface area contributed by atoms with Crippen LogP contribution >= 0.6 is 0 Å². The molecule has 0 aliphatic heterocycles. The maximum atomic E-state index is 13.7. The maximum Gasteiger partial charge on any atom is 0.321 e. The standard InChI is InChI=1S/C48H45N3O2/c1-2-3-34-45-49-36-43(51(45)48(40-28-16-7-17-29-40,41-30-18-8-19-31-41)42-32-20-9-21-33-42)35-44(46(52)53)50-47(37-22-10-4-11-23-37,38-24-12-5-13-25-38)39-26-14-6-15-27-39/h4-33,36,44,50H,2-3,34-35H2,1H3,(H,52,53)/t44-/m0/s1. The third-order valence-electron chi connectivity index (χ3n) is 10.3. The summed E-state index contributed by atoms with van der Waals surface area (Å²) in [7, 11) is 0. The van der Waals surface area contributed by atoms with Gasteiger partial charge < -0.3 is 9.67 Å². The normalized spacial score (nSPS) is 12.3. The van der Waals surface area contributed by atoms with Gasteiger partial charge in [0.2, 0.25) is 0 Å². The van der Waals surface area contributed by atoms with Crippen LogP contribution in [0.25, 0.3) is 0 Å². The Hall–Kier alpha value is -6.04. The minimum atomic E-state index is -1.01. The van der Waals surface area contributed by atoms with Crippen LogP contribution < -0.4 is 5.32 Å². The highest BCUT2D eigenvalue weighted by molar-refractivity contribution is 5.74. The molecule has 0 aliphatic carbocycles. The lowest BCUT2D eigenvalue weighted by Gasteiger charge is -2.41. The molecular formula is C48H45N3O2. The van der Waals surface area contributed by atoms with Gasteiger partial charge in [-0.15, -0.1) is 0 Å². The Morgan fingerprint density at radius 3 is 1.30 bits per heavy atom. The van der Waals surface area contributed by atoms with Crippen LogP contribution in [0.15, 0.2) is 188 Å². The average Bonchev–Trinajstić information content (AvgIpc) is 3.63. The number of carboxylic acids is 1. The lowest BCUT2D eigenvalue weighted by atomic mass is 9.75. The zero-order chi connectivity index (χ0) is 36.5. The van der Waals surface area contributed by atoms with E-state index in [1.54, 1.807) is 0 Å². The molecule has 5 heteroatoms. The van der Waals surface area contributed by atoms with Gasteiger partial charge in [-0.3, -0.25) is 10.1 Å². The van der Waals surface area contributed by atoms with E-state index in [2.05, 4.69) is 126 Å². The molecule has 264 valence electrons. The highest BCUT2D eigenvalue weighted by atomic mass is 16.4. The van der Waals surface area contributed by atoms with Gasteiger partial charge in [-0.1, -0.05) is 195 Å². The Bertz CT molecular complexity index is 1990. The fraction of sp³-hybridized carbons (Fsp3) is 0.167. The van der Waals surface area contributed by atoms with E-state index in [1.807, 2.05) is 79.0 Å². The van der Waals surface area contributed by atoms with E-state index in [4.69, 9.17) is 4.98 Å². The van der Waals surface area contributed by atoms with Gasteiger partial charge in [-0.25, -0.2) is 4.98 Å². The Labute approximate surface area is 312 Å². The molecule has 0 amide bonds. The molecule has 1 atom stereocenters. The highest BCUT2D eigenvalue weighted by Crippen LogP contribution is 2.43. The van der Waals surface area contributed by atoms with Crippen LogP contribution in [0, 0.1) is 0 Å². The van der Waals surface area contributed by atoms with Crippen LogP contribution in [0.3, 0.4) is 0 Å². The Morgan fingerprint density at radius 1 is 0.604 bits per heavy atom. The predicted octanol–water partition coefficient (Wildman–Crippen LogP) is 9.64. The van der Waals surface area contributed by atoms with Crippen LogP contribution in [0.4, 0.5) is 0 Å². The first-order valence-electron chi connectivity index (χ1n) is 18.5. The van der Waals surface area contributed by atoms with E-state index in [9.17, 15) is 9.90 Å². The number of nitrogens with one attached hydrogen (secondary N) is 1. The van der Waals surface area contributed by atoms with Crippen molar-refractivity contribution in [3.8, 4) is 0 Å². The molecule has 0 bridgehead atoms.